The van der Waals surface area contributed by atoms with Crippen molar-refractivity contribution in [2.45, 2.75) is 13.0 Å². The van der Waals surface area contributed by atoms with E-state index in [4.69, 9.17) is 9.47 Å². The van der Waals surface area contributed by atoms with Gasteiger partial charge in [-0.15, -0.1) is 0 Å². The summed E-state index contributed by atoms with van der Waals surface area (Å²) >= 11 is 0. The minimum Gasteiger partial charge on any atom is -0.465 e. The van der Waals surface area contributed by atoms with Gasteiger partial charge in [-0.05, 0) is 24.6 Å². The summed E-state index contributed by atoms with van der Waals surface area (Å²) < 4.78 is 15.4. The molecular formula is C15H20N2O5. The Bertz CT molecular complexity index is 541. The Morgan fingerprint density at radius 2 is 2.18 bits per heavy atom. The minimum atomic E-state index is -0.448. The highest BCUT2D eigenvalue weighted by atomic mass is 16.6. The van der Waals surface area contributed by atoms with Crippen LogP contribution >= 0.6 is 0 Å². The number of anilines is 1. The van der Waals surface area contributed by atoms with Gasteiger partial charge in [-0.2, -0.15) is 0 Å². The van der Waals surface area contributed by atoms with Gasteiger partial charge >= 0.3 is 12.0 Å². The van der Waals surface area contributed by atoms with E-state index in [0.29, 0.717) is 37.6 Å². The van der Waals surface area contributed by atoms with Gasteiger partial charge in [0.05, 0.1) is 38.6 Å². The Hall–Kier alpha value is -2.12. The van der Waals surface area contributed by atoms with Crippen molar-refractivity contribution in [1.82, 2.24) is 5.32 Å². The second kappa shape index (κ2) is 7.77. The first kappa shape index (κ1) is 16.3. The molecule has 1 aliphatic heterocycles. The van der Waals surface area contributed by atoms with E-state index in [1.807, 2.05) is 6.92 Å². The van der Waals surface area contributed by atoms with Crippen molar-refractivity contribution in [3.05, 3.63) is 29.3 Å². The van der Waals surface area contributed by atoms with Crippen LogP contribution in [0.1, 0.15) is 15.9 Å². The zero-order valence-corrected chi connectivity index (χ0v) is 12.7. The predicted molar refractivity (Wildman–Crippen MR) is 80.1 cm³/mol. The van der Waals surface area contributed by atoms with Crippen molar-refractivity contribution in [3.8, 4) is 0 Å². The molecule has 0 spiro atoms. The fraction of sp³-hybridized carbons (Fsp3) is 0.467. The Labute approximate surface area is 128 Å². The van der Waals surface area contributed by atoms with Gasteiger partial charge < -0.3 is 24.8 Å². The summed E-state index contributed by atoms with van der Waals surface area (Å²) in [6.45, 7) is 3.80. The summed E-state index contributed by atoms with van der Waals surface area (Å²) in [5.74, 6) is -0.448. The number of methoxy groups -OCH3 is 1. The van der Waals surface area contributed by atoms with E-state index in [9.17, 15) is 9.59 Å². The van der Waals surface area contributed by atoms with Gasteiger partial charge in [0.25, 0.3) is 0 Å². The van der Waals surface area contributed by atoms with Gasteiger partial charge in [-0.3, -0.25) is 0 Å². The molecule has 22 heavy (non-hydrogen) atoms. The maximum absolute atomic E-state index is 11.9. The molecule has 0 unspecified atom stereocenters. The number of esters is 1. The molecule has 1 saturated heterocycles. The molecular weight excluding hydrogens is 288 g/mol. The van der Waals surface area contributed by atoms with E-state index in [1.165, 1.54) is 7.11 Å². The van der Waals surface area contributed by atoms with Crippen molar-refractivity contribution in [3.63, 3.8) is 0 Å². The lowest BCUT2D eigenvalue weighted by Gasteiger charge is -2.23. The molecule has 2 amide bonds. The van der Waals surface area contributed by atoms with E-state index >= 15 is 0 Å². The number of urea groups is 1. The zero-order valence-electron chi connectivity index (χ0n) is 12.7. The number of hydrogen-bond acceptors (Lipinski definition) is 5. The Morgan fingerprint density at radius 3 is 2.86 bits per heavy atom. The number of ether oxygens (including phenoxy) is 3. The van der Waals surface area contributed by atoms with E-state index < -0.39 is 5.97 Å². The molecule has 2 N–H and O–H groups in total. The second-order valence-electron chi connectivity index (χ2n) is 4.92. The third-order valence-electron chi connectivity index (χ3n) is 3.28. The number of benzene rings is 1. The summed E-state index contributed by atoms with van der Waals surface area (Å²) in [5, 5.41) is 5.43. The molecule has 0 radical (unpaired) electrons. The third kappa shape index (κ3) is 4.44. The number of carbonyl (C=O) groups excluding carboxylic acids is 2. The normalized spacial score (nSPS) is 17.6. The molecule has 0 bridgehead atoms. The summed E-state index contributed by atoms with van der Waals surface area (Å²) in [4.78, 5) is 23.4. The molecule has 1 aromatic carbocycles. The molecule has 1 fully saturated rings. The summed E-state index contributed by atoms with van der Waals surface area (Å²) in [6.07, 6.45) is -0.137. The van der Waals surface area contributed by atoms with E-state index in [2.05, 4.69) is 15.4 Å². The van der Waals surface area contributed by atoms with Crippen molar-refractivity contribution < 1.29 is 23.8 Å². The summed E-state index contributed by atoms with van der Waals surface area (Å²) in [6, 6.07) is 4.62. The maximum Gasteiger partial charge on any atom is 0.337 e. The van der Waals surface area contributed by atoms with Crippen molar-refractivity contribution in [2.24, 2.45) is 0 Å². The highest BCUT2D eigenvalue weighted by Gasteiger charge is 2.16. The van der Waals surface area contributed by atoms with Gasteiger partial charge in [-0.25, -0.2) is 9.59 Å². The number of carbonyl (C=O) groups is 2. The van der Waals surface area contributed by atoms with Gasteiger partial charge in [0.1, 0.15) is 0 Å². The molecule has 120 valence electrons. The van der Waals surface area contributed by atoms with Crippen LogP contribution in [0.5, 0.6) is 0 Å². The monoisotopic (exact) mass is 308 g/mol. The Balaban J connectivity index is 1.91. The average molecular weight is 308 g/mol. The first-order chi connectivity index (χ1) is 10.6. The SMILES string of the molecule is COC(=O)c1ccc(C)c(NC(=O)NC[C@H]2COCCO2)c1. The molecule has 1 heterocycles. The van der Waals surface area contributed by atoms with Crippen LogP contribution in [-0.2, 0) is 14.2 Å². The summed E-state index contributed by atoms with van der Waals surface area (Å²) in [7, 11) is 1.31. The fourth-order valence-electron chi connectivity index (χ4n) is 2.03. The first-order valence-corrected chi connectivity index (χ1v) is 7.03. The quantitative estimate of drug-likeness (QED) is 0.819. The van der Waals surface area contributed by atoms with Gasteiger partial charge in [0.15, 0.2) is 0 Å². The predicted octanol–water partition coefficient (Wildman–Crippen LogP) is 1.32. The Kier molecular flexibility index (Phi) is 5.74. The molecule has 1 aromatic rings. The highest BCUT2D eigenvalue weighted by molar-refractivity contribution is 5.94. The number of hydrogen-bond donors (Lipinski definition) is 2. The lowest BCUT2D eigenvalue weighted by Crippen LogP contribution is -2.41. The number of nitrogens with one attached hydrogen (secondary N) is 2. The van der Waals surface area contributed by atoms with Crippen molar-refractivity contribution in [2.75, 3.05) is 38.8 Å². The van der Waals surface area contributed by atoms with Gasteiger partial charge in [0, 0.05) is 12.2 Å². The van der Waals surface area contributed by atoms with Crippen molar-refractivity contribution >= 4 is 17.7 Å². The number of amides is 2. The maximum atomic E-state index is 11.9. The van der Waals surface area contributed by atoms with E-state index in [0.717, 1.165) is 5.56 Å². The second-order valence-corrected chi connectivity index (χ2v) is 4.92. The standard InChI is InChI=1S/C15H20N2O5/c1-10-3-4-11(14(18)20-2)7-13(10)17-15(19)16-8-12-9-21-5-6-22-12/h3-4,7,12H,5-6,8-9H2,1-2H3,(H2,16,17,19)/t12-/m0/s1. The summed E-state index contributed by atoms with van der Waals surface area (Å²) in [5.41, 5.74) is 1.79. The molecule has 2 rings (SSSR count). The number of rotatable bonds is 4. The van der Waals surface area contributed by atoms with Gasteiger partial charge in [0.2, 0.25) is 0 Å². The van der Waals surface area contributed by atoms with Crippen molar-refractivity contribution in [1.29, 1.82) is 0 Å². The van der Waals surface area contributed by atoms with Gasteiger partial charge in [-0.1, -0.05) is 6.07 Å². The zero-order chi connectivity index (χ0) is 15.9. The molecule has 1 aliphatic rings. The Morgan fingerprint density at radius 1 is 1.36 bits per heavy atom. The van der Waals surface area contributed by atoms with Crippen LogP contribution < -0.4 is 10.6 Å². The minimum absolute atomic E-state index is 0.137. The van der Waals surface area contributed by atoms with Crippen LogP contribution in [0.3, 0.4) is 0 Å². The first-order valence-electron chi connectivity index (χ1n) is 7.03. The van der Waals surface area contributed by atoms with E-state index in [1.54, 1.807) is 18.2 Å². The highest BCUT2D eigenvalue weighted by Crippen LogP contribution is 2.17. The van der Waals surface area contributed by atoms with Crippen LogP contribution in [0.4, 0.5) is 10.5 Å². The van der Waals surface area contributed by atoms with Crippen LogP contribution in [0, 0.1) is 6.92 Å². The topological polar surface area (TPSA) is 85.9 Å². The molecule has 0 saturated carbocycles. The lowest BCUT2D eigenvalue weighted by atomic mass is 10.1. The lowest BCUT2D eigenvalue weighted by molar-refractivity contribution is -0.0852. The fourth-order valence-corrected chi connectivity index (χ4v) is 2.03. The largest absolute Gasteiger partial charge is 0.465 e. The van der Waals surface area contributed by atoms with E-state index in [-0.39, 0.29) is 12.1 Å². The van der Waals surface area contributed by atoms with Crippen LogP contribution in [0.25, 0.3) is 0 Å². The molecule has 7 heteroatoms. The third-order valence-corrected chi connectivity index (χ3v) is 3.28. The molecule has 0 aliphatic carbocycles. The molecule has 7 nitrogen and oxygen atoms in total. The number of aryl methyl sites for hydroxylation is 1. The van der Waals surface area contributed by atoms with Crippen LogP contribution in [-0.4, -0.2) is 51.6 Å². The van der Waals surface area contributed by atoms with Crippen LogP contribution in [0.2, 0.25) is 0 Å². The van der Waals surface area contributed by atoms with Crippen LogP contribution in [0.15, 0.2) is 18.2 Å². The molecule has 0 aromatic heterocycles. The molecule has 1 atom stereocenters. The average Bonchev–Trinajstić information content (AvgIpc) is 2.55. The smallest absolute Gasteiger partial charge is 0.337 e.